The van der Waals surface area contributed by atoms with Gasteiger partial charge < -0.3 is 14.8 Å². The Morgan fingerprint density at radius 1 is 1.12 bits per heavy atom. The molecule has 0 bridgehead atoms. The third-order valence-electron chi connectivity index (χ3n) is 5.78. The minimum atomic E-state index is -3.65. The summed E-state index contributed by atoms with van der Waals surface area (Å²) in [6.45, 7) is 2.35. The van der Waals surface area contributed by atoms with Gasteiger partial charge in [0.2, 0.25) is 15.9 Å². The van der Waals surface area contributed by atoms with Crippen molar-refractivity contribution in [1.82, 2.24) is 9.62 Å². The molecular weight excluding hydrogens is 435 g/mol. The van der Waals surface area contributed by atoms with E-state index >= 15 is 0 Å². The van der Waals surface area contributed by atoms with Gasteiger partial charge in [0.05, 0.1) is 26.0 Å². The normalized spacial score (nSPS) is 16.4. The Bertz CT molecular complexity index is 1050. The SMILES string of the molecule is COc1ccc(C(C)NC(=O)C2CCN(S(=O)(=O)Cc3ccccc3F)CC2)cc1OC. The van der Waals surface area contributed by atoms with Crippen molar-refractivity contribution >= 4 is 15.9 Å². The van der Waals surface area contributed by atoms with Gasteiger partial charge in [-0.2, -0.15) is 0 Å². The molecule has 1 fully saturated rings. The molecule has 32 heavy (non-hydrogen) atoms. The summed E-state index contributed by atoms with van der Waals surface area (Å²) in [5.41, 5.74) is 1.03. The van der Waals surface area contributed by atoms with Crippen LogP contribution in [0.5, 0.6) is 11.5 Å². The molecule has 174 valence electrons. The van der Waals surface area contributed by atoms with Crippen LogP contribution in [-0.4, -0.2) is 45.9 Å². The van der Waals surface area contributed by atoms with E-state index in [1.165, 1.54) is 22.5 Å². The zero-order valence-corrected chi connectivity index (χ0v) is 19.3. The number of hydrogen-bond acceptors (Lipinski definition) is 5. The van der Waals surface area contributed by atoms with Crippen LogP contribution in [0.3, 0.4) is 0 Å². The van der Waals surface area contributed by atoms with Gasteiger partial charge >= 0.3 is 0 Å². The van der Waals surface area contributed by atoms with Crippen molar-refractivity contribution in [3.63, 3.8) is 0 Å². The van der Waals surface area contributed by atoms with Crippen molar-refractivity contribution in [3.8, 4) is 11.5 Å². The molecular formula is C23H29FN2O5S. The second kappa shape index (κ2) is 10.3. The standard InChI is InChI=1S/C23H29FN2O5S/c1-16(18-8-9-21(30-2)22(14-18)31-3)25-23(27)17-10-12-26(13-11-17)32(28,29)15-19-6-4-5-7-20(19)24/h4-9,14,16-17H,10-13,15H2,1-3H3,(H,25,27). The maximum Gasteiger partial charge on any atom is 0.223 e. The van der Waals surface area contributed by atoms with Crippen molar-refractivity contribution < 1.29 is 27.1 Å². The topological polar surface area (TPSA) is 84.9 Å². The fourth-order valence-electron chi connectivity index (χ4n) is 3.84. The molecule has 1 unspecified atom stereocenters. The first kappa shape index (κ1) is 24.0. The van der Waals surface area contributed by atoms with E-state index in [0.29, 0.717) is 24.3 Å². The second-order valence-electron chi connectivity index (χ2n) is 7.87. The van der Waals surface area contributed by atoms with Gasteiger partial charge in [-0.15, -0.1) is 0 Å². The van der Waals surface area contributed by atoms with Gasteiger partial charge in [0.25, 0.3) is 0 Å². The highest BCUT2D eigenvalue weighted by atomic mass is 32.2. The summed E-state index contributed by atoms with van der Waals surface area (Å²) in [6.07, 6.45) is 0.835. The largest absolute Gasteiger partial charge is 0.493 e. The van der Waals surface area contributed by atoms with Crippen LogP contribution in [0, 0.1) is 11.7 Å². The van der Waals surface area contributed by atoms with E-state index in [2.05, 4.69) is 5.32 Å². The number of hydrogen-bond donors (Lipinski definition) is 1. The van der Waals surface area contributed by atoms with Gasteiger partial charge in [0, 0.05) is 24.6 Å². The second-order valence-corrected chi connectivity index (χ2v) is 9.83. The zero-order valence-electron chi connectivity index (χ0n) is 18.5. The molecule has 1 aliphatic heterocycles. The van der Waals surface area contributed by atoms with Crippen LogP contribution in [0.4, 0.5) is 4.39 Å². The molecule has 3 rings (SSSR count). The van der Waals surface area contributed by atoms with Gasteiger partial charge in [-0.3, -0.25) is 4.79 Å². The molecule has 0 radical (unpaired) electrons. The summed E-state index contributed by atoms with van der Waals surface area (Å²) in [5.74, 6) is -0.115. The zero-order chi connectivity index (χ0) is 23.3. The number of ether oxygens (including phenoxy) is 2. The van der Waals surface area contributed by atoms with Crippen molar-refractivity contribution in [3.05, 3.63) is 59.4 Å². The van der Waals surface area contributed by atoms with E-state index in [0.717, 1.165) is 5.56 Å². The van der Waals surface area contributed by atoms with Crippen LogP contribution in [0.2, 0.25) is 0 Å². The lowest BCUT2D eigenvalue weighted by Crippen LogP contribution is -2.43. The molecule has 2 aromatic rings. The highest BCUT2D eigenvalue weighted by Gasteiger charge is 2.32. The maximum atomic E-state index is 13.9. The molecule has 0 spiro atoms. The van der Waals surface area contributed by atoms with Crippen LogP contribution in [-0.2, 0) is 20.6 Å². The van der Waals surface area contributed by atoms with E-state index in [4.69, 9.17) is 9.47 Å². The third kappa shape index (κ3) is 5.58. The summed E-state index contributed by atoms with van der Waals surface area (Å²) in [6, 6.07) is 11.1. The highest BCUT2D eigenvalue weighted by molar-refractivity contribution is 7.88. The molecule has 1 N–H and O–H groups in total. The minimum absolute atomic E-state index is 0.113. The smallest absolute Gasteiger partial charge is 0.223 e. The molecule has 1 saturated heterocycles. The summed E-state index contributed by atoms with van der Waals surface area (Å²) >= 11 is 0. The monoisotopic (exact) mass is 464 g/mol. The number of nitrogens with one attached hydrogen (secondary N) is 1. The molecule has 2 aromatic carbocycles. The average molecular weight is 465 g/mol. The van der Waals surface area contributed by atoms with E-state index in [1.54, 1.807) is 26.4 Å². The molecule has 9 heteroatoms. The Kier molecular flexibility index (Phi) is 7.73. The fourth-order valence-corrected chi connectivity index (χ4v) is 5.41. The van der Waals surface area contributed by atoms with E-state index in [1.807, 2.05) is 19.1 Å². The number of halogens is 1. The Morgan fingerprint density at radius 3 is 2.41 bits per heavy atom. The van der Waals surface area contributed by atoms with Gasteiger partial charge in [-0.05, 0) is 43.5 Å². The van der Waals surface area contributed by atoms with E-state index in [-0.39, 0.29) is 42.3 Å². The number of piperidine rings is 1. The number of sulfonamides is 1. The summed E-state index contributed by atoms with van der Waals surface area (Å²) in [7, 11) is -0.537. The number of nitrogens with zero attached hydrogens (tertiary/aromatic N) is 1. The van der Waals surface area contributed by atoms with Crippen LogP contribution in [0.25, 0.3) is 0 Å². The number of benzene rings is 2. The van der Waals surface area contributed by atoms with Crippen LogP contribution >= 0.6 is 0 Å². The Hall–Kier alpha value is -2.65. The number of carbonyl (C=O) groups is 1. The molecule has 1 atom stereocenters. The van der Waals surface area contributed by atoms with Crippen LogP contribution < -0.4 is 14.8 Å². The summed E-state index contributed by atoms with van der Waals surface area (Å²) < 4.78 is 51.2. The average Bonchev–Trinajstić information content (AvgIpc) is 2.80. The van der Waals surface area contributed by atoms with Crippen molar-refractivity contribution in [2.24, 2.45) is 5.92 Å². The molecule has 0 aromatic heterocycles. The van der Waals surface area contributed by atoms with Crippen LogP contribution in [0.1, 0.15) is 36.9 Å². The van der Waals surface area contributed by atoms with Crippen molar-refractivity contribution in [2.75, 3.05) is 27.3 Å². The van der Waals surface area contributed by atoms with Crippen molar-refractivity contribution in [1.29, 1.82) is 0 Å². The number of rotatable bonds is 8. The van der Waals surface area contributed by atoms with Gasteiger partial charge in [0.1, 0.15) is 5.82 Å². The predicted octanol–water partition coefficient (Wildman–Crippen LogP) is 3.26. The highest BCUT2D eigenvalue weighted by Crippen LogP contribution is 2.30. The van der Waals surface area contributed by atoms with Gasteiger partial charge in [-0.25, -0.2) is 17.1 Å². The van der Waals surface area contributed by atoms with Gasteiger partial charge in [0.15, 0.2) is 11.5 Å². The lowest BCUT2D eigenvalue weighted by molar-refractivity contribution is -0.126. The number of methoxy groups -OCH3 is 2. The van der Waals surface area contributed by atoms with Crippen molar-refractivity contribution in [2.45, 2.75) is 31.6 Å². The molecule has 0 saturated carbocycles. The summed E-state index contributed by atoms with van der Waals surface area (Å²) in [4.78, 5) is 12.8. The quantitative estimate of drug-likeness (QED) is 0.648. The molecule has 1 aliphatic rings. The first-order valence-corrected chi connectivity index (χ1v) is 12.1. The molecule has 0 aliphatic carbocycles. The Labute approximate surface area is 188 Å². The Balaban J connectivity index is 1.56. The van der Waals surface area contributed by atoms with Gasteiger partial charge in [-0.1, -0.05) is 24.3 Å². The third-order valence-corrected chi connectivity index (χ3v) is 7.61. The van der Waals surface area contributed by atoms with E-state index in [9.17, 15) is 17.6 Å². The first-order chi connectivity index (χ1) is 15.2. The molecule has 1 heterocycles. The predicted molar refractivity (Wildman–Crippen MR) is 119 cm³/mol. The number of carbonyl (C=O) groups excluding carboxylic acids is 1. The minimum Gasteiger partial charge on any atom is -0.493 e. The number of amides is 1. The lowest BCUT2D eigenvalue weighted by Gasteiger charge is -2.31. The Morgan fingerprint density at radius 2 is 1.78 bits per heavy atom. The van der Waals surface area contributed by atoms with E-state index < -0.39 is 15.8 Å². The fraction of sp³-hybridized carbons (Fsp3) is 0.435. The van der Waals surface area contributed by atoms with Crippen LogP contribution in [0.15, 0.2) is 42.5 Å². The first-order valence-electron chi connectivity index (χ1n) is 10.5. The molecule has 7 nitrogen and oxygen atoms in total. The maximum absolute atomic E-state index is 13.9. The molecule has 1 amide bonds. The lowest BCUT2D eigenvalue weighted by atomic mass is 9.96. The summed E-state index contributed by atoms with van der Waals surface area (Å²) in [5, 5.41) is 3.00.